The van der Waals surface area contributed by atoms with Gasteiger partial charge in [0.2, 0.25) is 17.6 Å². The fourth-order valence-corrected chi connectivity index (χ4v) is 3.49. The Labute approximate surface area is 173 Å². The Morgan fingerprint density at radius 1 is 1.24 bits per heavy atom. The number of carbonyl (C=O) groups is 1. The van der Waals surface area contributed by atoms with Crippen LogP contribution in [0.2, 0.25) is 5.02 Å². The van der Waals surface area contributed by atoms with Crippen LogP contribution in [-0.4, -0.2) is 50.0 Å². The van der Waals surface area contributed by atoms with Gasteiger partial charge in [0, 0.05) is 18.3 Å². The molecule has 1 aliphatic rings. The summed E-state index contributed by atoms with van der Waals surface area (Å²) < 4.78 is 5.47. The number of halogens is 1. The number of rotatable bonds is 5. The van der Waals surface area contributed by atoms with Crippen LogP contribution in [0.25, 0.3) is 11.5 Å². The van der Waals surface area contributed by atoms with Crippen molar-refractivity contribution >= 4 is 23.3 Å². The van der Waals surface area contributed by atoms with Gasteiger partial charge in [-0.1, -0.05) is 22.8 Å². The Morgan fingerprint density at radius 3 is 2.76 bits per heavy atom. The number of pyridine rings is 2. The zero-order valence-corrected chi connectivity index (χ0v) is 16.7. The molecule has 4 heterocycles. The van der Waals surface area contributed by atoms with Crippen LogP contribution in [0.5, 0.6) is 0 Å². The first-order chi connectivity index (χ1) is 14.1. The summed E-state index contributed by atoms with van der Waals surface area (Å²) in [5, 5.41) is 7.42. The molecule has 4 rings (SSSR count). The second-order valence-corrected chi connectivity index (χ2v) is 7.44. The van der Waals surface area contributed by atoms with Crippen molar-refractivity contribution in [2.45, 2.75) is 31.7 Å². The van der Waals surface area contributed by atoms with Crippen LogP contribution in [-0.2, 0) is 4.79 Å². The highest BCUT2D eigenvalue weighted by Crippen LogP contribution is 2.29. The smallest absolute Gasteiger partial charge is 0.242 e. The highest BCUT2D eigenvalue weighted by atomic mass is 35.5. The van der Waals surface area contributed by atoms with Crippen molar-refractivity contribution in [3.8, 4) is 11.5 Å². The molecule has 0 saturated carbocycles. The van der Waals surface area contributed by atoms with E-state index < -0.39 is 0 Å². The minimum absolute atomic E-state index is 0.0894. The number of hydrogen-bond acceptors (Lipinski definition) is 7. The van der Waals surface area contributed by atoms with Crippen LogP contribution in [0.3, 0.4) is 0 Å². The van der Waals surface area contributed by atoms with Crippen LogP contribution >= 0.6 is 11.6 Å². The lowest BCUT2D eigenvalue weighted by Crippen LogP contribution is -2.45. The van der Waals surface area contributed by atoms with E-state index in [-0.39, 0.29) is 17.9 Å². The number of carbonyl (C=O) groups excluding carboxylic acids is 1. The molecule has 8 nitrogen and oxygen atoms in total. The molecular weight excluding hydrogens is 392 g/mol. The molecule has 0 bridgehead atoms. The minimum atomic E-state index is -0.264. The van der Waals surface area contributed by atoms with Crippen molar-refractivity contribution < 1.29 is 9.32 Å². The molecule has 3 aromatic rings. The molecule has 0 aliphatic carbocycles. The van der Waals surface area contributed by atoms with Crippen LogP contribution in [0.15, 0.2) is 47.2 Å². The zero-order valence-electron chi connectivity index (χ0n) is 16.0. The standard InChI is InChI=1S/C20H21ClN6O2/c1-13(19(28)24-17-6-5-15(21)12-23-17)27-10-7-14(8-11-27)20-25-18(26-29-20)16-4-2-3-9-22-16/h2-6,9,12-14H,7-8,10-11H2,1H3,(H,23,24,28). The molecule has 9 heteroatoms. The zero-order chi connectivity index (χ0) is 20.2. The van der Waals surface area contributed by atoms with Crippen molar-refractivity contribution in [3.05, 3.63) is 53.6 Å². The van der Waals surface area contributed by atoms with Gasteiger partial charge in [-0.3, -0.25) is 14.7 Å². The number of anilines is 1. The van der Waals surface area contributed by atoms with Crippen LogP contribution in [0.1, 0.15) is 31.6 Å². The van der Waals surface area contributed by atoms with E-state index in [0.29, 0.717) is 28.2 Å². The van der Waals surface area contributed by atoms with Gasteiger partial charge in [-0.05, 0) is 57.1 Å². The molecule has 1 aliphatic heterocycles. The van der Waals surface area contributed by atoms with E-state index in [0.717, 1.165) is 25.9 Å². The highest BCUT2D eigenvalue weighted by Gasteiger charge is 2.30. The predicted octanol–water partition coefficient (Wildman–Crippen LogP) is 3.39. The number of piperidine rings is 1. The second-order valence-electron chi connectivity index (χ2n) is 7.01. The summed E-state index contributed by atoms with van der Waals surface area (Å²) in [6.45, 7) is 3.45. The Kier molecular flexibility index (Phi) is 5.82. The molecule has 0 radical (unpaired) electrons. The maximum atomic E-state index is 12.5. The molecule has 1 amide bonds. The predicted molar refractivity (Wildman–Crippen MR) is 108 cm³/mol. The molecule has 0 aromatic carbocycles. The molecule has 29 heavy (non-hydrogen) atoms. The van der Waals surface area contributed by atoms with Crippen LogP contribution in [0.4, 0.5) is 5.82 Å². The van der Waals surface area contributed by atoms with Gasteiger partial charge in [0.1, 0.15) is 11.5 Å². The molecule has 0 spiro atoms. The topological polar surface area (TPSA) is 97.0 Å². The molecule has 1 fully saturated rings. The summed E-state index contributed by atoms with van der Waals surface area (Å²) in [6, 6.07) is 8.72. The number of nitrogens with zero attached hydrogens (tertiary/aromatic N) is 5. The Balaban J connectivity index is 1.32. The molecule has 3 aromatic heterocycles. The minimum Gasteiger partial charge on any atom is -0.339 e. The summed E-state index contributed by atoms with van der Waals surface area (Å²) in [4.78, 5) is 27.6. The maximum absolute atomic E-state index is 12.5. The van der Waals surface area contributed by atoms with Crippen molar-refractivity contribution in [1.29, 1.82) is 0 Å². The Hall–Kier alpha value is -2.84. The quantitative estimate of drug-likeness (QED) is 0.685. The van der Waals surface area contributed by atoms with Crippen molar-refractivity contribution in [1.82, 2.24) is 25.0 Å². The lowest BCUT2D eigenvalue weighted by molar-refractivity contribution is -0.121. The first-order valence-corrected chi connectivity index (χ1v) is 9.89. The van der Waals surface area contributed by atoms with Crippen molar-refractivity contribution in [2.24, 2.45) is 0 Å². The third kappa shape index (κ3) is 4.60. The highest BCUT2D eigenvalue weighted by molar-refractivity contribution is 6.30. The second kappa shape index (κ2) is 8.67. The van der Waals surface area contributed by atoms with Gasteiger partial charge in [0.15, 0.2) is 0 Å². The lowest BCUT2D eigenvalue weighted by Gasteiger charge is -2.34. The summed E-state index contributed by atoms with van der Waals surface area (Å²) in [6.07, 6.45) is 4.91. The van der Waals surface area contributed by atoms with Gasteiger partial charge >= 0.3 is 0 Å². The normalized spacial score (nSPS) is 16.5. The average molecular weight is 413 g/mol. The number of amides is 1. The lowest BCUT2D eigenvalue weighted by atomic mass is 9.95. The number of likely N-dealkylation sites (tertiary alicyclic amines) is 1. The van der Waals surface area contributed by atoms with Gasteiger partial charge in [-0.15, -0.1) is 0 Å². The van der Waals surface area contributed by atoms with Crippen LogP contribution in [0, 0.1) is 0 Å². The van der Waals surface area contributed by atoms with Gasteiger partial charge in [-0.25, -0.2) is 4.98 Å². The van der Waals surface area contributed by atoms with E-state index in [2.05, 4.69) is 30.3 Å². The van der Waals surface area contributed by atoms with Crippen molar-refractivity contribution in [2.75, 3.05) is 18.4 Å². The molecular formula is C20H21ClN6O2. The van der Waals surface area contributed by atoms with E-state index in [9.17, 15) is 4.79 Å². The van der Waals surface area contributed by atoms with Crippen LogP contribution < -0.4 is 5.32 Å². The fourth-order valence-electron chi connectivity index (χ4n) is 3.38. The Morgan fingerprint density at radius 2 is 2.07 bits per heavy atom. The third-order valence-corrected chi connectivity index (χ3v) is 5.34. The SMILES string of the molecule is CC(C(=O)Nc1ccc(Cl)cn1)N1CCC(c2nc(-c3ccccn3)no2)CC1. The summed E-state index contributed by atoms with van der Waals surface area (Å²) in [5.74, 6) is 1.73. The molecule has 1 saturated heterocycles. The van der Waals surface area contributed by atoms with E-state index in [1.54, 1.807) is 18.3 Å². The fraction of sp³-hybridized carbons (Fsp3) is 0.350. The third-order valence-electron chi connectivity index (χ3n) is 5.12. The van der Waals surface area contributed by atoms with E-state index in [1.807, 2.05) is 25.1 Å². The van der Waals surface area contributed by atoms with Gasteiger partial charge in [-0.2, -0.15) is 4.98 Å². The molecule has 150 valence electrons. The summed E-state index contributed by atoms with van der Waals surface area (Å²) in [5.41, 5.74) is 0.695. The van der Waals surface area contributed by atoms with E-state index in [4.69, 9.17) is 16.1 Å². The van der Waals surface area contributed by atoms with Gasteiger partial charge in [0.05, 0.1) is 11.1 Å². The van der Waals surface area contributed by atoms with Crippen molar-refractivity contribution in [3.63, 3.8) is 0 Å². The van der Waals surface area contributed by atoms with E-state index >= 15 is 0 Å². The number of aromatic nitrogens is 4. The maximum Gasteiger partial charge on any atom is 0.242 e. The number of nitrogens with one attached hydrogen (secondary N) is 1. The molecule has 1 atom stereocenters. The molecule has 1 N–H and O–H groups in total. The monoisotopic (exact) mass is 412 g/mol. The first kappa shape index (κ1) is 19.5. The molecule has 1 unspecified atom stereocenters. The first-order valence-electron chi connectivity index (χ1n) is 9.51. The summed E-state index contributed by atoms with van der Waals surface area (Å²) >= 11 is 5.83. The van der Waals surface area contributed by atoms with Gasteiger partial charge < -0.3 is 9.84 Å². The van der Waals surface area contributed by atoms with Gasteiger partial charge in [0.25, 0.3) is 0 Å². The largest absolute Gasteiger partial charge is 0.339 e. The number of hydrogen-bond donors (Lipinski definition) is 1. The summed E-state index contributed by atoms with van der Waals surface area (Å²) in [7, 11) is 0. The Bertz CT molecular complexity index is 955. The average Bonchev–Trinajstić information content (AvgIpc) is 3.26. The van der Waals surface area contributed by atoms with E-state index in [1.165, 1.54) is 6.20 Å².